The van der Waals surface area contributed by atoms with Crippen LogP contribution < -0.4 is 0 Å². The van der Waals surface area contributed by atoms with Gasteiger partial charge in [0.15, 0.2) is 11.5 Å². The number of nitrogens with zero attached hydrogens (tertiary/aromatic N) is 5. The van der Waals surface area contributed by atoms with E-state index in [1.807, 2.05) is 66.1 Å². The van der Waals surface area contributed by atoms with E-state index in [2.05, 4.69) is 15.1 Å². The molecule has 1 amide bonds. The number of carbonyl (C=O) groups is 1. The monoisotopic (exact) mass is 401 g/mol. The highest BCUT2D eigenvalue weighted by Crippen LogP contribution is 2.30. The molecular formula is C23H23N5O2. The first-order valence-corrected chi connectivity index (χ1v) is 10.2. The lowest BCUT2D eigenvalue weighted by molar-refractivity contribution is 0.0701. The number of benzene rings is 1. The number of rotatable bonds is 3. The normalized spacial score (nSPS) is 15.1. The average molecular weight is 401 g/mol. The van der Waals surface area contributed by atoms with Crippen molar-refractivity contribution < 1.29 is 9.21 Å². The Labute approximate surface area is 174 Å². The van der Waals surface area contributed by atoms with Gasteiger partial charge in [-0.2, -0.15) is 5.10 Å². The molecule has 0 aliphatic carbocycles. The number of likely N-dealkylation sites (tertiary alicyclic amines) is 1. The molecule has 1 saturated heterocycles. The van der Waals surface area contributed by atoms with Crippen LogP contribution in [0.3, 0.4) is 0 Å². The SMILES string of the molecule is Cc1c(-c2ccnc(C(=O)N3CCC(c4nc5ccccc5o4)CC3)c2)cnn1C. The Kier molecular flexibility index (Phi) is 4.58. The number of oxazole rings is 1. The predicted molar refractivity (Wildman–Crippen MR) is 113 cm³/mol. The molecule has 0 unspecified atom stereocenters. The summed E-state index contributed by atoms with van der Waals surface area (Å²) in [5, 5.41) is 4.30. The Morgan fingerprint density at radius 2 is 1.97 bits per heavy atom. The van der Waals surface area contributed by atoms with Crippen LogP contribution in [0.25, 0.3) is 22.2 Å². The van der Waals surface area contributed by atoms with Crippen LogP contribution in [-0.2, 0) is 7.05 Å². The second kappa shape index (κ2) is 7.40. The number of amides is 1. The molecule has 0 radical (unpaired) electrons. The van der Waals surface area contributed by atoms with E-state index in [1.54, 1.807) is 6.20 Å². The first-order valence-electron chi connectivity index (χ1n) is 10.2. The lowest BCUT2D eigenvalue weighted by atomic mass is 9.96. The molecule has 1 aliphatic heterocycles. The maximum Gasteiger partial charge on any atom is 0.272 e. The Morgan fingerprint density at radius 1 is 1.17 bits per heavy atom. The van der Waals surface area contributed by atoms with Gasteiger partial charge in [-0.25, -0.2) is 4.98 Å². The smallest absolute Gasteiger partial charge is 0.272 e. The molecule has 0 N–H and O–H groups in total. The van der Waals surface area contributed by atoms with Crippen molar-refractivity contribution in [3.63, 3.8) is 0 Å². The number of fused-ring (bicyclic) bond motifs is 1. The van der Waals surface area contributed by atoms with Gasteiger partial charge in [-0.15, -0.1) is 0 Å². The fourth-order valence-electron chi connectivity index (χ4n) is 4.05. The molecule has 3 aromatic heterocycles. The molecule has 0 bridgehead atoms. The number of pyridine rings is 1. The van der Waals surface area contributed by atoms with Crippen LogP contribution in [0, 0.1) is 6.92 Å². The largest absolute Gasteiger partial charge is 0.440 e. The van der Waals surface area contributed by atoms with Crippen LogP contribution in [-0.4, -0.2) is 43.6 Å². The Balaban J connectivity index is 1.30. The van der Waals surface area contributed by atoms with E-state index in [1.165, 1.54) is 0 Å². The fourth-order valence-corrected chi connectivity index (χ4v) is 4.05. The van der Waals surface area contributed by atoms with Gasteiger partial charge in [0.2, 0.25) is 0 Å². The van der Waals surface area contributed by atoms with Gasteiger partial charge < -0.3 is 9.32 Å². The fraction of sp³-hybridized carbons (Fsp3) is 0.304. The van der Waals surface area contributed by atoms with E-state index < -0.39 is 0 Å². The van der Waals surface area contributed by atoms with E-state index in [0.29, 0.717) is 18.8 Å². The van der Waals surface area contributed by atoms with Gasteiger partial charge in [-0.1, -0.05) is 12.1 Å². The maximum atomic E-state index is 13.1. The Morgan fingerprint density at radius 3 is 2.70 bits per heavy atom. The van der Waals surface area contributed by atoms with Crippen LogP contribution in [0.1, 0.15) is 40.8 Å². The van der Waals surface area contributed by atoms with Gasteiger partial charge in [-0.3, -0.25) is 14.5 Å². The first-order chi connectivity index (χ1) is 14.6. The Hall–Kier alpha value is -3.48. The highest BCUT2D eigenvalue weighted by atomic mass is 16.3. The zero-order chi connectivity index (χ0) is 20.7. The summed E-state index contributed by atoms with van der Waals surface area (Å²) in [5.74, 6) is 0.976. The zero-order valence-electron chi connectivity index (χ0n) is 17.1. The molecule has 152 valence electrons. The summed E-state index contributed by atoms with van der Waals surface area (Å²) in [6.07, 6.45) is 5.19. The van der Waals surface area contributed by atoms with E-state index in [-0.39, 0.29) is 11.8 Å². The van der Waals surface area contributed by atoms with Crippen molar-refractivity contribution in [2.45, 2.75) is 25.7 Å². The third-order valence-corrected chi connectivity index (χ3v) is 5.97. The first kappa shape index (κ1) is 18.5. The summed E-state index contributed by atoms with van der Waals surface area (Å²) in [7, 11) is 1.91. The van der Waals surface area contributed by atoms with Gasteiger partial charge in [0, 0.05) is 43.5 Å². The van der Waals surface area contributed by atoms with Crippen LogP contribution in [0.4, 0.5) is 0 Å². The molecule has 0 saturated carbocycles. The third kappa shape index (κ3) is 3.26. The summed E-state index contributed by atoms with van der Waals surface area (Å²) in [6.45, 7) is 3.35. The number of piperidine rings is 1. The predicted octanol–water partition coefficient (Wildman–Crippen LogP) is 3.95. The average Bonchev–Trinajstić information content (AvgIpc) is 3.37. The molecule has 30 heavy (non-hydrogen) atoms. The lowest BCUT2D eigenvalue weighted by Crippen LogP contribution is -2.38. The van der Waals surface area contributed by atoms with Gasteiger partial charge in [0.05, 0.1) is 6.20 Å². The van der Waals surface area contributed by atoms with E-state index in [4.69, 9.17) is 4.42 Å². The zero-order valence-corrected chi connectivity index (χ0v) is 17.1. The topological polar surface area (TPSA) is 77.1 Å². The molecule has 0 spiro atoms. The second-order valence-corrected chi connectivity index (χ2v) is 7.78. The highest BCUT2D eigenvalue weighted by Gasteiger charge is 2.28. The molecule has 5 rings (SSSR count). The van der Waals surface area contributed by atoms with Crippen molar-refractivity contribution in [1.29, 1.82) is 0 Å². The molecule has 1 aromatic carbocycles. The van der Waals surface area contributed by atoms with Crippen molar-refractivity contribution in [2.75, 3.05) is 13.1 Å². The van der Waals surface area contributed by atoms with Crippen molar-refractivity contribution in [1.82, 2.24) is 24.6 Å². The van der Waals surface area contributed by atoms with Crippen LogP contribution in [0.15, 0.2) is 53.2 Å². The Bertz CT molecular complexity index is 1180. The summed E-state index contributed by atoms with van der Waals surface area (Å²) in [6, 6.07) is 11.6. The van der Waals surface area contributed by atoms with Crippen LogP contribution >= 0.6 is 0 Å². The lowest BCUT2D eigenvalue weighted by Gasteiger charge is -2.30. The summed E-state index contributed by atoms with van der Waals surface area (Å²) in [5.41, 5.74) is 5.20. The summed E-state index contributed by atoms with van der Waals surface area (Å²) >= 11 is 0. The van der Waals surface area contributed by atoms with Gasteiger partial charge >= 0.3 is 0 Å². The third-order valence-electron chi connectivity index (χ3n) is 5.97. The molecule has 7 heteroatoms. The summed E-state index contributed by atoms with van der Waals surface area (Å²) in [4.78, 5) is 23.9. The van der Waals surface area contributed by atoms with Gasteiger partial charge in [-0.05, 0) is 49.6 Å². The standard InChI is InChI=1S/C23H23N5O2/c1-15-18(14-25-27(15)2)17-7-10-24-20(13-17)23(29)28-11-8-16(9-12-28)22-26-19-5-3-4-6-21(19)30-22/h3-7,10,13-14,16H,8-9,11-12H2,1-2H3. The number of aromatic nitrogens is 4. The van der Waals surface area contributed by atoms with Crippen molar-refractivity contribution in [3.8, 4) is 11.1 Å². The molecule has 4 aromatic rings. The van der Waals surface area contributed by atoms with Crippen molar-refractivity contribution in [2.24, 2.45) is 7.05 Å². The van der Waals surface area contributed by atoms with E-state index >= 15 is 0 Å². The number of hydrogen-bond acceptors (Lipinski definition) is 5. The maximum absolute atomic E-state index is 13.1. The number of carbonyl (C=O) groups excluding carboxylic acids is 1. The number of aryl methyl sites for hydroxylation is 1. The van der Waals surface area contributed by atoms with Crippen molar-refractivity contribution >= 4 is 17.0 Å². The highest BCUT2D eigenvalue weighted by molar-refractivity contribution is 5.93. The minimum absolute atomic E-state index is 0.0330. The van der Waals surface area contributed by atoms with Crippen LogP contribution in [0.2, 0.25) is 0 Å². The van der Waals surface area contributed by atoms with E-state index in [9.17, 15) is 4.79 Å². The molecule has 0 atom stereocenters. The quantitative estimate of drug-likeness (QED) is 0.519. The molecule has 1 fully saturated rings. The van der Waals surface area contributed by atoms with Crippen LogP contribution in [0.5, 0.6) is 0 Å². The molecular weight excluding hydrogens is 378 g/mol. The summed E-state index contributed by atoms with van der Waals surface area (Å²) < 4.78 is 7.76. The molecule has 4 heterocycles. The minimum Gasteiger partial charge on any atom is -0.440 e. The number of para-hydroxylation sites is 2. The minimum atomic E-state index is -0.0330. The van der Waals surface area contributed by atoms with Gasteiger partial charge in [0.25, 0.3) is 5.91 Å². The number of hydrogen-bond donors (Lipinski definition) is 0. The van der Waals surface area contributed by atoms with E-state index in [0.717, 1.165) is 46.7 Å². The molecule has 7 nitrogen and oxygen atoms in total. The molecule has 1 aliphatic rings. The van der Waals surface area contributed by atoms with Gasteiger partial charge in [0.1, 0.15) is 11.2 Å². The van der Waals surface area contributed by atoms with Crippen molar-refractivity contribution in [3.05, 3.63) is 66.1 Å². The second-order valence-electron chi connectivity index (χ2n) is 7.78.